The van der Waals surface area contributed by atoms with E-state index >= 15 is 0 Å². The monoisotopic (exact) mass is 574 g/mol. The number of ether oxygens (including phenoxy) is 1. The molecule has 1 aliphatic carbocycles. The summed E-state index contributed by atoms with van der Waals surface area (Å²) in [6, 6.07) is 16.1. The van der Waals surface area contributed by atoms with Gasteiger partial charge >= 0.3 is 0 Å². The highest BCUT2D eigenvalue weighted by Crippen LogP contribution is 2.58. The molecule has 41 heavy (non-hydrogen) atoms. The number of sulfonamides is 1. The maximum atomic E-state index is 13.9. The number of hydrogen-bond acceptors (Lipinski definition) is 6. The Morgan fingerprint density at radius 2 is 1.83 bits per heavy atom. The van der Waals surface area contributed by atoms with Crippen molar-refractivity contribution in [1.29, 1.82) is 0 Å². The third kappa shape index (κ3) is 4.91. The number of carbonyl (C=O) groups is 1. The number of hydrogen-bond donors (Lipinski definition) is 1. The van der Waals surface area contributed by atoms with E-state index < -0.39 is 21.3 Å². The van der Waals surface area contributed by atoms with Gasteiger partial charge in [-0.25, -0.2) is 12.8 Å². The molecule has 6 rings (SSSR count). The van der Waals surface area contributed by atoms with Crippen LogP contribution in [0.4, 0.5) is 15.8 Å². The number of fused-ring (bicyclic) bond motifs is 4. The van der Waals surface area contributed by atoms with Gasteiger partial charge in [0.2, 0.25) is 5.91 Å². The number of nitrogens with one attached hydrogen (secondary N) is 1. The van der Waals surface area contributed by atoms with Gasteiger partial charge in [0, 0.05) is 24.5 Å². The lowest BCUT2D eigenvalue weighted by Gasteiger charge is -2.17. The Kier molecular flexibility index (Phi) is 6.70. The lowest BCUT2D eigenvalue weighted by Crippen LogP contribution is -2.28. The van der Waals surface area contributed by atoms with Crippen LogP contribution < -0.4 is 14.4 Å². The van der Waals surface area contributed by atoms with Crippen LogP contribution in [-0.4, -0.2) is 58.5 Å². The lowest BCUT2D eigenvalue weighted by molar-refractivity contribution is -0.119. The molecule has 3 aromatic carbocycles. The second-order valence-electron chi connectivity index (χ2n) is 11.0. The summed E-state index contributed by atoms with van der Waals surface area (Å²) in [4.78, 5) is 21.2. The van der Waals surface area contributed by atoms with Gasteiger partial charge in [0.15, 0.2) is 0 Å². The maximum Gasteiger partial charge on any atom is 0.262 e. The van der Waals surface area contributed by atoms with Crippen molar-refractivity contribution < 1.29 is 22.3 Å². The molecule has 212 valence electrons. The molecule has 0 radical (unpaired) electrons. The number of likely N-dealkylation sites (N-methyl/N-ethyl adjacent to an activating group) is 1. The molecule has 1 saturated carbocycles. The van der Waals surface area contributed by atoms with Crippen LogP contribution >= 0.6 is 0 Å². The van der Waals surface area contributed by atoms with Crippen LogP contribution in [0.15, 0.2) is 71.8 Å². The smallest absolute Gasteiger partial charge is 0.262 e. The predicted molar refractivity (Wildman–Crippen MR) is 157 cm³/mol. The topological polar surface area (TPSA) is 91.8 Å². The van der Waals surface area contributed by atoms with E-state index in [1.165, 1.54) is 18.2 Å². The number of halogens is 1. The third-order valence-electron chi connectivity index (χ3n) is 7.82. The Morgan fingerprint density at radius 3 is 2.56 bits per heavy atom. The summed E-state index contributed by atoms with van der Waals surface area (Å²) >= 11 is 0. The fourth-order valence-corrected chi connectivity index (χ4v) is 6.65. The van der Waals surface area contributed by atoms with Crippen molar-refractivity contribution >= 4 is 38.2 Å². The van der Waals surface area contributed by atoms with Crippen LogP contribution in [0.2, 0.25) is 0 Å². The first-order valence-corrected chi connectivity index (χ1v) is 15.0. The summed E-state index contributed by atoms with van der Waals surface area (Å²) in [5, 5.41) is 0.918. The molecule has 1 aromatic heterocycles. The fourth-order valence-electron chi connectivity index (χ4n) is 5.56. The molecule has 2 heterocycles. The van der Waals surface area contributed by atoms with Crippen LogP contribution in [-0.2, 0) is 20.2 Å². The molecule has 0 atom stereocenters. The van der Waals surface area contributed by atoms with Crippen molar-refractivity contribution in [3.63, 3.8) is 0 Å². The third-order valence-corrected chi connectivity index (χ3v) is 9.19. The molecule has 0 saturated heterocycles. The molecule has 8 nitrogen and oxygen atoms in total. The fraction of sp³-hybridized carbons (Fsp3) is 0.290. The second kappa shape index (κ2) is 10.1. The maximum absolute atomic E-state index is 13.9. The summed E-state index contributed by atoms with van der Waals surface area (Å²) in [6.07, 6.45) is 4.16. The zero-order valence-electron chi connectivity index (χ0n) is 23.1. The lowest BCUT2D eigenvalue weighted by atomic mass is 9.92. The number of nitrogens with zero attached hydrogens (tertiary/aromatic N) is 3. The number of rotatable bonds is 9. The summed E-state index contributed by atoms with van der Waals surface area (Å²) in [7, 11) is 1.64. The van der Waals surface area contributed by atoms with Gasteiger partial charge in [-0.1, -0.05) is 18.2 Å². The molecule has 10 heteroatoms. The molecular weight excluding hydrogens is 543 g/mol. The van der Waals surface area contributed by atoms with Gasteiger partial charge in [-0.15, -0.1) is 0 Å². The SMILES string of the molecule is CN(C)CCCOc1ccc(-c2ccc3ncc4c(c3c2)C2(CC2)C(=O)N4C)cc1NS(=O)(=O)c1cccc(F)c1. The van der Waals surface area contributed by atoms with Gasteiger partial charge in [0.1, 0.15) is 11.6 Å². The molecule has 0 unspecified atom stereocenters. The average Bonchev–Trinajstić information content (AvgIpc) is 3.72. The minimum Gasteiger partial charge on any atom is -0.491 e. The molecule has 4 aromatic rings. The van der Waals surface area contributed by atoms with Crippen molar-refractivity contribution in [3.05, 3.63) is 78.2 Å². The predicted octanol–water partition coefficient (Wildman–Crippen LogP) is 5.18. The molecular formula is C31H31FN4O4S. The Bertz CT molecular complexity index is 1790. The number of amides is 1. The zero-order valence-corrected chi connectivity index (χ0v) is 24.0. The average molecular weight is 575 g/mol. The van der Waals surface area contributed by atoms with Crippen molar-refractivity contribution in [3.8, 4) is 16.9 Å². The first kappa shape index (κ1) is 27.2. The Hall–Kier alpha value is -4.02. The summed E-state index contributed by atoms with van der Waals surface area (Å²) in [6.45, 7) is 1.21. The van der Waals surface area contributed by atoms with E-state index in [9.17, 15) is 17.6 Å². The molecule has 0 bridgehead atoms. The number of anilines is 2. The van der Waals surface area contributed by atoms with E-state index in [1.807, 2.05) is 43.3 Å². The highest BCUT2D eigenvalue weighted by molar-refractivity contribution is 7.92. The van der Waals surface area contributed by atoms with Crippen LogP contribution in [0.5, 0.6) is 5.75 Å². The second-order valence-corrected chi connectivity index (χ2v) is 12.7. The van der Waals surface area contributed by atoms with E-state index in [1.54, 1.807) is 30.3 Å². The van der Waals surface area contributed by atoms with Gasteiger partial charge in [0.25, 0.3) is 10.0 Å². The molecule has 1 amide bonds. The first-order valence-electron chi connectivity index (χ1n) is 13.5. The number of carbonyl (C=O) groups excluding carboxylic acids is 1. The normalized spacial score (nSPS) is 15.5. The summed E-state index contributed by atoms with van der Waals surface area (Å²) in [5.74, 6) is -0.159. The Labute approximate surface area is 238 Å². The number of benzene rings is 3. The van der Waals surface area contributed by atoms with Crippen LogP contribution in [0, 0.1) is 5.82 Å². The van der Waals surface area contributed by atoms with Crippen molar-refractivity contribution in [2.24, 2.45) is 0 Å². The van der Waals surface area contributed by atoms with E-state index in [4.69, 9.17) is 4.74 Å². The standard InChI is InChI=1S/C31H31FN4O4S/c1-35(2)14-5-15-40-28-11-9-21(17-26(28)34-41(38,39)23-7-4-6-22(32)18-23)20-8-10-25-24(16-20)29-27(19-33-25)36(3)30(37)31(29)12-13-31/h4,6-11,16-19,34H,5,12-15H2,1-3H3. The van der Waals surface area contributed by atoms with E-state index in [-0.39, 0.29) is 16.5 Å². The van der Waals surface area contributed by atoms with E-state index in [0.29, 0.717) is 12.4 Å². The Morgan fingerprint density at radius 1 is 1.07 bits per heavy atom. The molecule has 1 N–H and O–H groups in total. The van der Waals surface area contributed by atoms with Crippen LogP contribution in [0.1, 0.15) is 24.8 Å². The quantitative estimate of drug-likeness (QED) is 0.277. The molecule has 1 aliphatic heterocycles. The van der Waals surface area contributed by atoms with Crippen molar-refractivity contribution in [2.75, 3.05) is 43.9 Å². The van der Waals surface area contributed by atoms with Crippen molar-refractivity contribution in [2.45, 2.75) is 29.6 Å². The highest BCUT2D eigenvalue weighted by Gasteiger charge is 2.59. The van der Waals surface area contributed by atoms with Crippen LogP contribution in [0.3, 0.4) is 0 Å². The number of aromatic nitrogens is 1. The number of pyridine rings is 1. The van der Waals surface area contributed by atoms with Gasteiger partial charge in [0.05, 0.1) is 40.0 Å². The zero-order chi connectivity index (χ0) is 28.9. The first-order chi connectivity index (χ1) is 19.6. The van der Waals surface area contributed by atoms with Gasteiger partial charge < -0.3 is 14.5 Å². The van der Waals surface area contributed by atoms with Gasteiger partial charge in [-0.3, -0.25) is 14.5 Å². The molecule has 1 spiro atoms. The highest BCUT2D eigenvalue weighted by atomic mass is 32.2. The Balaban J connectivity index is 1.40. The largest absolute Gasteiger partial charge is 0.491 e. The minimum atomic E-state index is -4.09. The van der Waals surface area contributed by atoms with Crippen molar-refractivity contribution in [1.82, 2.24) is 9.88 Å². The van der Waals surface area contributed by atoms with E-state index in [0.717, 1.165) is 65.2 Å². The van der Waals surface area contributed by atoms with Gasteiger partial charge in [-0.05, 0) is 86.9 Å². The van der Waals surface area contributed by atoms with E-state index in [2.05, 4.69) is 9.71 Å². The van der Waals surface area contributed by atoms with Gasteiger partial charge in [-0.2, -0.15) is 0 Å². The summed E-state index contributed by atoms with van der Waals surface area (Å²) in [5.41, 5.74) is 4.03. The molecule has 1 fully saturated rings. The minimum absolute atomic E-state index is 0.108. The van der Waals surface area contributed by atoms with Crippen LogP contribution in [0.25, 0.3) is 22.0 Å². The molecule has 2 aliphatic rings. The summed E-state index contributed by atoms with van der Waals surface area (Å²) < 4.78 is 48.9.